The lowest BCUT2D eigenvalue weighted by Gasteiger charge is -2.02. The molecule has 0 aliphatic carbocycles. The van der Waals surface area contributed by atoms with Gasteiger partial charge in [-0.1, -0.05) is 17.4 Å². The van der Waals surface area contributed by atoms with Crippen LogP contribution in [-0.4, -0.2) is 17.4 Å². The third-order valence-electron chi connectivity index (χ3n) is 2.30. The van der Waals surface area contributed by atoms with Crippen LogP contribution in [0.3, 0.4) is 0 Å². The van der Waals surface area contributed by atoms with Crippen LogP contribution in [0.4, 0.5) is 5.13 Å². The molecule has 0 saturated carbocycles. The summed E-state index contributed by atoms with van der Waals surface area (Å²) in [4.78, 5) is 15.9. The molecule has 0 atom stereocenters. The van der Waals surface area contributed by atoms with Gasteiger partial charge in [0, 0.05) is 12.1 Å². The Labute approximate surface area is 103 Å². The first-order valence-electron chi connectivity index (χ1n) is 5.26. The lowest BCUT2D eigenvalue weighted by molar-refractivity contribution is 0.0954. The van der Waals surface area contributed by atoms with Gasteiger partial charge in [0.1, 0.15) is 0 Å². The van der Waals surface area contributed by atoms with Crippen LogP contribution in [0.1, 0.15) is 16.8 Å². The molecule has 5 heteroatoms. The number of aromatic nitrogens is 1. The monoisotopic (exact) mass is 247 g/mol. The van der Waals surface area contributed by atoms with Crippen molar-refractivity contribution in [3.05, 3.63) is 36.4 Å². The van der Waals surface area contributed by atoms with E-state index in [9.17, 15) is 4.79 Å². The van der Waals surface area contributed by atoms with E-state index in [1.54, 1.807) is 12.1 Å². The molecule has 0 aliphatic rings. The first-order valence-corrected chi connectivity index (χ1v) is 6.07. The number of nitrogens with zero attached hydrogens (tertiary/aromatic N) is 1. The maximum absolute atomic E-state index is 11.8. The Morgan fingerprint density at radius 3 is 3.18 bits per heavy atom. The van der Waals surface area contributed by atoms with Gasteiger partial charge in [-0.3, -0.25) is 4.79 Å². The van der Waals surface area contributed by atoms with Crippen LogP contribution in [0, 0.1) is 0 Å². The number of nitrogen functional groups attached to an aromatic ring is 1. The molecule has 3 N–H and O–H groups in total. The number of carbonyl (C=O) groups is 1. The summed E-state index contributed by atoms with van der Waals surface area (Å²) < 4.78 is 0.930. The molecule has 4 nitrogen and oxygen atoms in total. The molecule has 0 fully saturated rings. The van der Waals surface area contributed by atoms with E-state index >= 15 is 0 Å². The molecule has 88 valence electrons. The molecule has 2 aromatic rings. The summed E-state index contributed by atoms with van der Waals surface area (Å²) in [5, 5.41) is 3.33. The summed E-state index contributed by atoms with van der Waals surface area (Å²) in [5.74, 6) is -0.0827. The highest BCUT2D eigenvalue weighted by Gasteiger charge is 2.07. The van der Waals surface area contributed by atoms with Crippen LogP contribution >= 0.6 is 11.3 Å². The number of thiazole rings is 1. The molecule has 0 aliphatic heterocycles. The summed E-state index contributed by atoms with van der Waals surface area (Å²) in [6, 6.07) is 5.38. The van der Waals surface area contributed by atoms with Crippen molar-refractivity contribution < 1.29 is 4.79 Å². The average molecular weight is 247 g/mol. The van der Waals surface area contributed by atoms with Crippen LogP contribution in [0.15, 0.2) is 30.9 Å². The van der Waals surface area contributed by atoms with Crippen molar-refractivity contribution in [2.24, 2.45) is 0 Å². The Hall–Kier alpha value is -1.88. The van der Waals surface area contributed by atoms with E-state index in [0.717, 1.165) is 16.6 Å². The molecule has 1 amide bonds. The zero-order chi connectivity index (χ0) is 12.3. The average Bonchev–Trinajstić information content (AvgIpc) is 2.68. The van der Waals surface area contributed by atoms with Crippen molar-refractivity contribution in [1.29, 1.82) is 0 Å². The first-order chi connectivity index (χ1) is 8.20. The standard InChI is InChI=1S/C12H13N3OS/c1-2-3-6-14-11(16)8-4-5-9-10(7-8)17-12(13)15-9/h2,4-5,7H,1,3,6H2,(H2,13,15)(H,14,16). The van der Waals surface area contributed by atoms with E-state index in [-0.39, 0.29) is 5.91 Å². The molecule has 0 radical (unpaired) electrons. The summed E-state index contributed by atoms with van der Waals surface area (Å²) in [7, 11) is 0. The molecular formula is C12H13N3OS. The fourth-order valence-electron chi connectivity index (χ4n) is 1.47. The lowest BCUT2D eigenvalue weighted by Crippen LogP contribution is -2.23. The molecular weight excluding hydrogens is 234 g/mol. The number of anilines is 1. The van der Waals surface area contributed by atoms with Crippen LogP contribution in [-0.2, 0) is 0 Å². The van der Waals surface area contributed by atoms with Gasteiger partial charge in [-0.05, 0) is 24.6 Å². The summed E-state index contributed by atoms with van der Waals surface area (Å²) in [6.07, 6.45) is 2.54. The minimum atomic E-state index is -0.0827. The minimum Gasteiger partial charge on any atom is -0.375 e. The highest BCUT2D eigenvalue weighted by molar-refractivity contribution is 7.22. The zero-order valence-electron chi connectivity index (χ0n) is 9.27. The molecule has 0 unspecified atom stereocenters. The maximum atomic E-state index is 11.8. The Morgan fingerprint density at radius 1 is 1.59 bits per heavy atom. The molecule has 2 rings (SSSR count). The number of hydrogen-bond acceptors (Lipinski definition) is 4. The van der Waals surface area contributed by atoms with Crippen molar-refractivity contribution in [3.8, 4) is 0 Å². The Bertz CT molecular complexity index is 562. The van der Waals surface area contributed by atoms with Crippen LogP contribution in [0.2, 0.25) is 0 Å². The lowest BCUT2D eigenvalue weighted by atomic mass is 10.2. The van der Waals surface area contributed by atoms with Crippen molar-refractivity contribution in [2.75, 3.05) is 12.3 Å². The third-order valence-corrected chi connectivity index (χ3v) is 3.15. The van der Waals surface area contributed by atoms with Gasteiger partial charge in [-0.15, -0.1) is 6.58 Å². The van der Waals surface area contributed by atoms with Gasteiger partial charge in [-0.2, -0.15) is 0 Å². The number of rotatable bonds is 4. The van der Waals surface area contributed by atoms with Crippen molar-refractivity contribution in [1.82, 2.24) is 10.3 Å². The molecule has 17 heavy (non-hydrogen) atoms. The van der Waals surface area contributed by atoms with Crippen LogP contribution in [0.25, 0.3) is 10.2 Å². The first kappa shape index (κ1) is 11.6. The number of nitrogens with one attached hydrogen (secondary N) is 1. The van der Waals surface area contributed by atoms with Crippen LogP contribution < -0.4 is 11.1 Å². The highest BCUT2D eigenvalue weighted by atomic mass is 32.1. The van der Waals surface area contributed by atoms with Gasteiger partial charge in [0.2, 0.25) is 0 Å². The molecule has 1 aromatic carbocycles. The fraction of sp³-hybridized carbons (Fsp3) is 0.167. The van der Waals surface area contributed by atoms with E-state index in [1.165, 1.54) is 11.3 Å². The van der Waals surface area contributed by atoms with Gasteiger partial charge in [0.25, 0.3) is 5.91 Å². The summed E-state index contributed by atoms with van der Waals surface area (Å²) in [6.45, 7) is 4.20. The smallest absolute Gasteiger partial charge is 0.251 e. The quantitative estimate of drug-likeness (QED) is 0.642. The molecule has 1 aromatic heterocycles. The number of amides is 1. The minimum absolute atomic E-state index is 0.0827. The summed E-state index contributed by atoms with van der Waals surface area (Å²) in [5.41, 5.74) is 7.07. The van der Waals surface area contributed by atoms with E-state index in [4.69, 9.17) is 5.73 Å². The number of nitrogens with two attached hydrogens (primary N) is 1. The molecule has 0 spiro atoms. The van der Waals surface area contributed by atoms with E-state index < -0.39 is 0 Å². The van der Waals surface area contributed by atoms with Gasteiger partial charge >= 0.3 is 0 Å². The van der Waals surface area contributed by atoms with E-state index in [0.29, 0.717) is 17.2 Å². The number of benzene rings is 1. The second-order valence-electron chi connectivity index (χ2n) is 3.57. The second-order valence-corrected chi connectivity index (χ2v) is 4.63. The predicted octanol–water partition coefficient (Wildman–Crippen LogP) is 2.18. The van der Waals surface area contributed by atoms with Gasteiger partial charge in [0.05, 0.1) is 10.2 Å². The largest absolute Gasteiger partial charge is 0.375 e. The Morgan fingerprint density at radius 2 is 2.41 bits per heavy atom. The second kappa shape index (κ2) is 4.97. The SMILES string of the molecule is C=CCCNC(=O)c1ccc2nc(N)sc2c1. The fourth-order valence-corrected chi connectivity index (χ4v) is 2.25. The van der Waals surface area contributed by atoms with Gasteiger partial charge in [0.15, 0.2) is 5.13 Å². The topological polar surface area (TPSA) is 68.0 Å². The van der Waals surface area contributed by atoms with Crippen LogP contribution in [0.5, 0.6) is 0 Å². The van der Waals surface area contributed by atoms with Gasteiger partial charge < -0.3 is 11.1 Å². The highest BCUT2D eigenvalue weighted by Crippen LogP contribution is 2.24. The zero-order valence-corrected chi connectivity index (χ0v) is 10.1. The normalized spacial score (nSPS) is 10.4. The third kappa shape index (κ3) is 2.62. The van der Waals surface area contributed by atoms with E-state index in [1.807, 2.05) is 12.1 Å². The summed E-state index contributed by atoms with van der Waals surface area (Å²) >= 11 is 1.38. The predicted molar refractivity (Wildman–Crippen MR) is 71.2 cm³/mol. The van der Waals surface area contributed by atoms with E-state index in [2.05, 4.69) is 16.9 Å². The molecule has 1 heterocycles. The number of hydrogen-bond donors (Lipinski definition) is 2. The van der Waals surface area contributed by atoms with Gasteiger partial charge in [-0.25, -0.2) is 4.98 Å². The molecule has 0 bridgehead atoms. The van der Waals surface area contributed by atoms with Crippen molar-refractivity contribution >= 4 is 32.6 Å². The Balaban J connectivity index is 2.17. The van der Waals surface area contributed by atoms with Crippen molar-refractivity contribution in [2.45, 2.75) is 6.42 Å². The van der Waals surface area contributed by atoms with Crippen molar-refractivity contribution in [3.63, 3.8) is 0 Å². The maximum Gasteiger partial charge on any atom is 0.251 e. The molecule has 0 saturated heterocycles. The number of carbonyl (C=O) groups excluding carboxylic acids is 1. The number of fused-ring (bicyclic) bond motifs is 1. The Kier molecular flexibility index (Phi) is 3.39.